The Bertz CT molecular complexity index is 694. The van der Waals surface area contributed by atoms with Crippen molar-refractivity contribution in [1.29, 1.82) is 0 Å². The lowest BCUT2D eigenvalue weighted by atomic mass is 10.0. The number of carbonyl (C=O) groups excluding carboxylic acids is 1. The first-order chi connectivity index (χ1) is 29.1. The van der Waals surface area contributed by atoms with Gasteiger partial charge < -0.3 is 9.90 Å². The average Bonchev–Trinajstić information content (AvgIpc) is 3.23. The summed E-state index contributed by atoms with van der Waals surface area (Å²) in [7, 11) is -1.48. The summed E-state index contributed by atoms with van der Waals surface area (Å²) in [6.45, 7) is 6.91. The van der Waals surface area contributed by atoms with Crippen molar-refractivity contribution in [2.24, 2.45) is 0 Å². The largest absolute Gasteiger partial charge is 0.546 e. The maximum Gasteiger partial charge on any atom is 0.0986 e. The van der Waals surface area contributed by atoms with Gasteiger partial charge in [-0.15, -0.1) is 0 Å². The number of rotatable bonds is 53. The van der Waals surface area contributed by atoms with Gasteiger partial charge in [-0.1, -0.05) is 290 Å². The van der Waals surface area contributed by atoms with E-state index in [0.29, 0.717) is 6.16 Å². The van der Waals surface area contributed by atoms with Gasteiger partial charge in [0.2, 0.25) is 0 Å². The van der Waals surface area contributed by atoms with Crippen molar-refractivity contribution >= 4 is 13.2 Å². The molecule has 0 aromatic carbocycles. The molecule has 354 valence electrons. The summed E-state index contributed by atoms with van der Waals surface area (Å²) in [6, 6.07) is 0. The third-order valence-electron chi connectivity index (χ3n) is 13.9. The molecule has 3 heteroatoms. The highest BCUT2D eigenvalue weighted by Gasteiger charge is 2.35. The van der Waals surface area contributed by atoms with Crippen LogP contribution in [-0.2, 0) is 4.79 Å². The number of unbranched alkanes of at least 4 members (excludes halogenated alkanes) is 45. The Balaban J connectivity index is 4.42. The van der Waals surface area contributed by atoms with Gasteiger partial charge in [0.1, 0.15) is 0 Å². The van der Waals surface area contributed by atoms with Crippen LogP contribution in [0.3, 0.4) is 0 Å². The molecule has 0 aromatic heterocycles. The van der Waals surface area contributed by atoms with Gasteiger partial charge in [-0.25, -0.2) is 0 Å². The third kappa shape index (κ3) is 47.2. The Kier molecular flexibility index (Phi) is 50.5. The summed E-state index contributed by atoms with van der Waals surface area (Å²) in [5, 5.41) is 12.2. The molecule has 2 nitrogen and oxygen atoms in total. The molecule has 0 saturated carbocycles. The van der Waals surface area contributed by atoms with Crippen LogP contribution < -0.4 is 5.11 Å². The molecular formula is C56H113O2P. The number of carboxylic acid groups (broad SMARTS) is 1. The van der Waals surface area contributed by atoms with Gasteiger partial charge in [-0.05, 0) is 38.5 Å². The molecule has 0 aromatic rings. The molecule has 0 rings (SSSR count). The number of hydrogen-bond donors (Lipinski definition) is 0. The lowest BCUT2D eigenvalue weighted by Gasteiger charge is -2.28. The molecule has 0 aliphatic rings. The van der Waals surface area contributed by atoms with Crippen LogP contribution in [0, 0.1) is 0 Å². The van der Waals surface area contributed by atoms with Crippen molar-refractivity contribution in [3.8, 4) is 0 Å². The molecule has 0 bridgehead atoms. The molecule has 0 amide bonds. The SMILES string of the molecule is CCCCCCCCCCCCCCCCCC[P+](CCCCCCCCCCCCCCCCCC)(CCCCCCCCCCCCCCCCCC)CC(=O)[O-]. The predicted octanol–water partition coefficient (Wildman–Crippen LogP) is 19.5. The summed E-state index contributed by atoms with van der Waals surface area (Å²) in [6.07, 6.45) is 71.3. The van der Waals surface area contributed by atoms with E-state index in [-0.39, 0.29) is 0 Å². The predicted molar refractivity (Wildman–Crippen MR) is 270 cm³/mol. The van der Waals surface area contributed by atoms with Crippen molar-refractivity contribution in [1.82, 2.24) is 0 Å². The van der Waals surface area contributed by atoms with Crippen LogP contribution in [-0.4, -0.2) is 30.6 Å². The maximum absolute atomic E-state index is 12.2. The van der Waals surface area contributed by atoms with Crippen LogP contribution in [0.1, 0.15) is 329 Å². The van der Waals surface area contributed by atoms with Crippen LogP contribution >= 0.6 is 7.26 Å². The molecular weight excluding hydrogens is 736 g/mol. The van der Waals surface area contributed by atoms with Gasteiger partial charge in [0.25, 0.3) is 0 Å². The highest BCUT2D eigenvalue weighted by atomic mass is 31.2. The molecule has 0 heterocycles. The summed E-state index contributed by atoms with van der Waals surface area (Å²) < 4.78 is 0. The van der Waals surface area contributed by atoms with E-state index in [4.69, 9.17) is 0 Å². The van der Waals surface area contributed by atoms with Crippen molar-refractivity contribution in [3.63, 3.8) is 0 Å². The summed E-state index contributed by atoms with van der Waals surface area (Å²) in [4.78, 5) is 12.2. The topological polar surface area (TPSA) is 40.1 Å². The fraction of sp³-hybridized carbons (Fsp3) is 0.982. The number of aliphatic carboxylic acids is 1. The van der Waals surface area contributed by atoms with E-state index < -0.39 is 13.2 Å². The lowest BCUT2D eigenvalue weighted by Crippen LogP contribution is -2.30. The molecule has 0 unspecified atom stereocenters. The van der Waals surface area contributed by atoms with E-state index >= 15 is 0 Å². The molecule has 0 radical (unpaired) electrons. The van der Waals surface area contributed by atoms with Crippen molar-refractivity contribution in [3.05, 3.63) is 0 Å². The second-order valence-corrected chi connectivity index (χ2v) is 24.3. The molecule has 0 N–H and O–H groups in total. The quantitative estimate of drug-likeness (QED) is 0.0452. The number of carbonyl (C=O) groups is 1. The van der Waals surface area contributed by atoms with Gasteiger partial charge in [-0.2, -0.15) is 0 Å². The molecule has 0 atom stereocenters. The first-order valence-electron chi connectivity index (χ1n) is 28.1. The highest BCUT2D eigenvalue weighted by molar-refractivity contribution is 7.76. The van der Waals surface area contributed by atoms with Gasteiger partial charge in [0, 0.05) is 7.26 Å². The Morgan fingerprint density at radius 2 is 0.390 bits per heavy atom. The van der Waals surface area contributed by atoms with E-state index in [2.05, 4.69) is 20.8 Å². The summed E-state index contributed by atoms with van der Waals surface area (Å²) >= 11 is 0. The highest BCUT2D eigenvalue weighted by Crippen LogP contribution is 2.60. The zero-order chi connectivity index (χ0) is 42.8. The van der Waals surface area contributed by atoms with E-state index in [1.54, 1.807) is 0 Å². The lowest BCUT2D eigenvalue weighted by molar-refractivity contribution is -0.301. The normalized spacial score (nSPS) is 11.9. The zero-order valence-corrected chi connectivity index (χ0v) is 42.4. The fourth-order valence-electron chi connectivity index (χ4n) is 9.83. The minimum Gasteiger partial charge on any atom is -0.546 e. The van der Waals surface area contributed by atoms with Crippen LogP contribution in [0.2, 0.25) is 0 Å². The van der Waals surface area contributed by atoms with Crippen LogP contribution in [0.4, 0.5) is 0 Å². The Hall–Kier alpha value is -0.100. The Morgan fingerprint density at radius 1 is 0.254 bits per heavy atom. The zero-order valence-electron chi connectivity index (χ0n) is 41.5. The first kappa shape index (κ1) is 58.9. The summed E-state index contributed by atoms with van der Waals surface area (Å²) in [5.74, 6) is -0.747. The number of hydrogen-bond acceptors (Lipinski definition) is 2. The van der Waals surface area contributed by atoms with Crippen LogP contribution in [0.15, 0.2) is 0 Å². The Labute approximate surface area is 375 Å². The van der Waals surface area contributed by atoms with Gasteiger partial charge >= 0.3 is 0 Å². The second kappa shape index (κ2) is 50.5. The van der Waals surface area contributed by atoms with Gasteiger partial charge in [0.15, 0.2) is 0 Å². The van der Waals surface area contributed by atoms with E-state index in [1.165, 1.54) is 327 Å². The minimum atomic E-state index is -1.48. The monoisotopic (exact) mass is 849 g/mol. The Morgan fingerprint density at radius 3 is 0.525 bits per heavy atom. The fourth-order valence-corrected chi connectivity index (χ4v) is 14.2. The smallest absolute Gasteiger partial charge is 0.0986 e. The molecule has 0 saturated heterocycles. The standard InChI is InChI=1S/C56H113O2P/c1-4-7-10-13-16-19-22-25-28-31-34-37-40-43-46-49-52-59(55-56(57)58,53-50-47-44-41-38-35-32-29-26-23-20-17-14-11-8-5-2)54-51-48-45-42-39-36-33-30-27-24-21-18-15-12-9-6-3/h4-55H2,1-3H3. The third-order valence-corrected chi connectivity index (χ3v) is 18.6. The molecule has 0 spiro atoms. The number of carboxylic acids is 1. The molecule has 59 heavy (non-hydrogen) atoms. The van der Waals surface area contributed by atoms with E-state index in [0.717, 1.165) is 0 Å². The van der Waals surface area contributed by atoms with Gasteiger partial charge in [0.05, 0.1) is 30.6 Å². The average molecular weight is 849 g/mol. The summed E-state index contributed by atoms with van der Waals surface area (Å²) in [5.41, 5.74) is 0. The van der Waals surface area contributed by atoms with E-state index in [9.17, 15) is 9.90 Å². The van der Waals surface area contributed by atoms with Crippen LogP contribution in [0.5, 0.6) is 0 Å². The van der Waals surface area contributed by atoms with Crippen LogP contribution in [0.25, 0.3) is 0 Å². The van der Waals surface area contributed by atoms with Crippen molar-refractivity contribution in [2.75, 3.05) is 24.6 Å². The van der Waals surface area contributed by atoms with Gasteiger partial charge in [-0.3, -0.25) is 0 Å². The first-order valence-corrected chi connectivity index (χ1v) is 30.7. The molecule has 0 aliphatic carbocycles. The van der Waals surface area contributed by atoms with Crippen molar-refractivity contribution in [2.45, 2.75) is 329 Å². The second-order valence-electron chi connectivity index (χ2n) is 20.0. The molecule has 0 fully saturated rings. The van der Waals surface area contributed by atoms with E-state index in [1.807, 2.05) is 0 Å². The maximum atomic E-state index is 12.2. The molecule has 0 aliphatic heterocycles. The van der Waals surface area contributed by atoms with Crippen molar-refractivity contribution < 1.29 is 9.90 Å². The minimum absolute atomic E-state index is 0.406.